The number of likely N-dealkylation sites (N-methyl/N-ethyl adjacent to an activating group) is 1. The number of amides is 1. The molecule has 296 valence electrons. The van der Waals surface area contributed by atoms with E-state index in [1.807, 2.05) is 45.4 Å². The quantitative estimate of drug-likeness (QED) is 0.0261. The van der Waals surface area contributed by atoms with Gasteiger partial charge < -0.3 is 34.0 Å². The molecule has 0 bridgehead atoms. The highest BCUT2D eigenvalue weighted by Crippen LogP contribution is 2.38. The largest absolute Gasteiger partial charge is 0.756 e. The van der Waals surface area contributed by atoms with Crippen molar-refractivity contribution in [1.82, 2.24) is 5.32 Å². The Morgan fingerprint density at radius 1 is 0.725 bits per heavy atom. The first-order valence-corrected chi connectivity index (χ1v) is 21.2. The molecule has 3 N–H and O–H groups in total. The Kier molecular flexibility index (Phi) is 31.6. The summed E-state index contributed by atoms with van der Waals surface area (Å²) in [4.78, 5) is 25.1. The van der Waals surface area contributed by atoms with Crippen LogP contribution in [0.5, 0.6) is 0 Å². The van der Waals surface area contributed by atoms with Gasteiger partial charge in [-0.25, -0.2) is 0 Å². The van der Waals surface area contributed by atoms with Gasteiger partial charge in [0.05, 0.1) is 46.0 Å². The number of aliphatic hydroxyl groups is 2. The van der Waals surface area contributed by atoms with Crippen LogP contribution in [0.2, 0.25) is 0 Å². The molecule has 0 saturated heterocycles. The molecular weight excluding hydrogens is 663 g/mol. The van der Waals surface area contributed by atoms with Gasteiger partial charge in [-0.3, -0.25) is 9.36 Å². The van der Waals surface area contributed by atoms with E-state index < -0.39 is 26.6 Å². The van der Waals surface area contributed by atoms with Crippen LogP contribution < -0.4 is 10.2 Å². The minimum absolute atomic E-state index is 0.0214. The molecule has 51 heavy (non-hydrogen) atoms. The van der Waals surface area contributed by atoms with Gasteiger partial charge >= 0.3 is 0 Å². The van der Waals surface area contributed by atoms with Gasteiger partial charge in [-0.15, -0.1) is 0 Å². The van der Waals surface area contributed by atoms with Gasteiger partial charge in [0, 0.05) is 6.42 Å². The molecule has 0 rings (SSSR count). The molecule has 10 heteroatoms. The number of phosphoric acid groups is 1. The fraction of sp³-hybridized carbons (Fsp3) is 0.732. The van der Waals surface area contributed by atoms with Gasteiger partial charge in [0.15, 0.2) is 0 Å². The van der Waals surface area contributed by atoms with E-state index in [4.69, 9.17) is 9.05 Å². The standard InChI is InChI=1S/C41H75N2O7P/c1-6-8-10-11-12-13-16-20-23-26-29-33-40(45)39(37-50-51(47,48)49-36-35-43(3,4)5)42-41(46)34-30-27-24-21-18-15-14-17-19-22-25-28-32-38(44)31-9-7-2/h14-15,19,21-22,24,28-29,32-33,38-40,44-45H,6-13,16-18,20,23,25-27,30-31,34-37H2,1-5H3,(H-,42,46,47,48)/b15-14-,22-19-,24-21-,32-28-,33-29+/t38-,39+,40-/m1/s1. The summed E-state index contributed by atoms with van der Waals surface area (Å²) in [5.74, 6) is -0.271. The number of allylic oxidation sites excluding steroid dienone is 8. The average molecular weight is 739 g/mol. The summed E-state index contributed by atoms with van der Waals surface area (Å²) >= 11 is 0. The summed E-state index contributed by atoms with van der Waals surface area (Å²) in [6, 6.07) is -0.927. The zero-order chi connectivity index (χ0) is 38.1. The van der Waals surface area contributed by atoms with Crippen LogP contribution in [0.4, 0.5) is 0 Å². The van der Waals surface area contributed by atoms with Crippen molar-refractivity contribution in [3.63, 3.8) is 0 Å². The lowest BCUT2D eigenvalue weighted by Gasteiger charge is -2.29. The Balaban J connectivity index is 4.65. The first-order chi connectivity index (χ1) is 24.4. The number of hydrogen-bond donors (Lipinski definition) is 3. The minimum Gasteiger partial charge on any atom is -0.756 e. The summed E-state index contributed by atoms with van der Waals surface area (Å²) in [5, 5.41) is 23.4. The van der Waals surface area contributed by atoms with Crippen LogP contribution in [0.1, 0.15) is 136 Å². The van der Waals surface area contributed by atoms with Crippen LogP contribution in [-0.4, -0.2) is 79.8 Å². The molecule has 0 spiro atoms. The molecule has 0 fully saturated rings. The number of quaternary nitrogens is 1. The topological polar surface area (TPSA) is 128 Å². The van der Waals surface area contributed by atoms with Crippen molar-refractivity contribution in [1.29, 1.82) is 0 Å². The molecule has 0 radical (unpaired) electrons. The number of nitrogens with one attached hydrogen (secondary N) is 1. The van der Waals surface area contributed by atoms with Gasteiger partial charge in [0.25, 0.3) is 7.82 Å². The molecule has 1 amide bonds. The summed E-state index contributed by atoms with van der Waals surface area (Å²) < 4.78 is 23.0. The van der Waals surface area contributed by atoms with E-state index in [0.29, 0.717) is 17.4 Å². The molecule has 0 aliphatic carbocycles. The van der Waals surface area contributed by atoms with Gasteiger partial charge in [-0.05, 0) is 51.4 Å². The van der Waals surface area contributed by atoms with Gasteiger partial charge in [0.1, 0.15) is 13.2 Å². The number of carbonyl (C=O) groups is 1. The molecule has 0 saturated carbocycles. The van der Waals surface area contributed by atoms with Crippen molar-refractivity contribution in [3.05, 3.63) is 60.8 Å². The van der Waals surface area contributed by atoms with E-state index in [0.717, 1.165) is 64.2 Å². The highest BCUT2D eigenvalue weighted by Gasteiger charge is 2.23. The zero-order valence-corrected chi connectivity index (χ0v) is 33.8. The molecule has 0 heterocycles. The SMILES string of the molecule is CCCCCCCCCCC/C=C/[C@@H](O)[C@H](COP(=O)([O-])OCC[N+](C)(C)C)NC(=O)CCC/C=C\C/C=C\C/C=C\C/C=C\[C@H](O)CCCC. The fourth-order valence-electron chi connectivity index (χ4n) is 5.04. The van der Waals surface area contributed by atoms with Crippen molar-refractivity contribution in [3.8, 4) is 0 Å². The molecule has 0 aliphatic rings. The van der Waals surface area contributed by atoms with Crippen molar-refractivity contribution in [2.45, 2.75) is 154 Å². The second kappa shape index (κ2) is 32.8. The van der Waals surface area contributed by atoms with Gasteiger partial charge in [-0.2, -0.15) is 0 Å². The Labute approximate surface area is 312 Å². The fourth-order valence-corrected chi connectivity index (χ4v) is 5.77. The van der Waals surface area contributed by atoms with Crippen LogP contribution in [0.3, 0.4) is 0 Å². The lowest BCUT2D eigenvalue weighted by molar-refractivity contribution is -0.870. The van der Waals surface area contributed by atoms with Crippen LogP contribution in [0.25, 0.3) is 0 Å². The maximum absolute atomic E-state index is 12.8. The normalized spacial score (nSPS) is 15.8. The average Bonchev–Trinajstić information content (AvgIpc) is 3.07. The number of phosphoric ester groups is 1. The maximum Gasteiger partial charge on any atom is 0.268 e. The van der Waals surface area contributed by atoms with Crippen LogP contribution in [0, 0.1) is 0 Å². The summed E-state index contributed by atoms with van der Waals surface area (Å²) in [6.45, 7) is 4.39. The van der Waals surface area contributed by atoms with Crippen molar-refractivity contribution in [2.75, 3.05) is 40.9 Å². The molecular formula is C41H75N2O7P. The second-order valence-electron chi connectivity index (χ2n) is 14.5. The maximum atomic E-state index is 12.8. The Morgan fingerprint density at radius 3 is 1.88 bits per heavy atom. The van der Waals surface area contributed by atoms with Crippen molar-refractivity contribution < 1.29 is 38.0 Å². The predicted molar refractivity (Wildman–Crippen MR) is 211 cm³/mol. The number of unbranched alkanes of at least 4 members (excludes halogenated alkanes) is 11. The predicted octanol–water partition coefficient (Wildman–Crippen LogP) is 8.63. The van der Waals surface area contributed by atoms with E-state index in [1.54, 1.807) is 6.08 Å². The number of nitrogens with zero attached hydrogens (tertiary/aromatic N) is 1. The first-order valence-electron chi connectivity index (χ1n) is 19.7. The molecule has 0 aromatic carbocycles. The van der Waals surface area contributed by atoms with E-state index >= 15 is 0 Å². The molecule has 1 unspecified atom stereocenters. The van der Waals surface area contributed by atoms with Crippen LogP contribution in [0.15, 0.2) is 60.8 Å². The smallest absolute Gasteiger partial charge is 0.268 e. The monoisotopic (exact) mass is 739 g/mol. The molecule has 0 aromatic heterocycles. The third-order valence-corrected chi connectivity index (χ3v) is 9.26. The summed E-state index contributed by atoms with van der Waals surface area (Å²) in [5.41, 5.74) is 0. The van der Waals surface area contributed by atoms with Crippen LogP contribution >= 0.6 is 7.82 Å². The Morgan fingerprint density at radius 2 is 1.27 bits per heavy atom. The molecule has 0 aromatic rings. The van der Waals surface area contributed by atoms with Crippen molar-refractivity contribution >= 4 is 13.7 Å². The zero-order valence-electron chi connectivity index (χ0n) is 32.9. The van der Waals surface area contributed by atoms with E-state index in [9.17, 15) is 24.5 Å². The summed E-state index contributed by atoms with van der Waals surface area (Å²) in [7, 11) is 1.19. The Bertz CT molecular complexity index is 1040. The van der Waals surface area contributed by atoms with E-state index in [-0.39, 0.29) is 25.0 Å². The lowest BCUT2D eigenvalue weighted by atomic mass is 10.1. The van der Waals surface area contributed by atoms with Gasteiger partial charge in [0.2, 0.25) is 5.91 Å². The number of carbonyl (C=O) groups excluding carboxylic acids is 1. The number of rotatable bonds is 34. The molecule has 9 nitrogen and oxygen atoms in total. The van der Waals surface area contributed by atoms with E-state index in [1.165, 1.54) is 44.9 Å². The number of aliphatic hydroxyl groups excluding tert-OH is 2. The second-order valence-corrected chi connectivity index (χ2v) is 15.9. The third kappa shape index (κ3) is 35.0. The Hall–Kier alpha value is -1.84. The van der Waals surface area contributed by atoms with Gasteiger partial charge in [-0.1, -0.05) is 139 Å². The minimum atomic E-state index is -4.61. The lowest BCUT2D eigenvalue weighted by Crippen LogP contribution is -2.45. The number of hydrogen-bond acceptors (Lipinski definition) is 7. The summed E-state index contributed by atoms with van der Waals surface area (Å²) in [6.07, 6.45) is 37.5. The highest BCUT2D eigenvalue weighted by molar-refractivity contribution is 7.45. The third-order valence-electron chi connectivity index (χ3n) is 8.29. The van der Waals surface area contributed by atoms with E-state index in [2.05, 4.69) is 49.5 Å². The highest BCUT2D eigenvalue weighted by atomic mass is 31.2. The van der Waals surface area contributed by atoms with Crippen molar-refractivity contribution in [2.24, 2.45) is 0 Å². The molecule has 4 atom stereocenters. The molecule has 0 aliphatic heterocycles. The first kappa shape index (κ1) is 49.2. The van der Waals surface area contributed by atoms with Crippen LogP contribution in [-0.2, 0) is 18.4 Å².